The van der Waals surface area contributed by atoms with Gasteiger partial charge in [-0.3, -0.25) is 4.79 Å². The third-order valence-corrected chi connectivity index (χ3v) is 4.03. The number of ether oxygens (including phenoxy) is 1. The van der Waals surface area contributed by atoms with E-state index in [-0.39, 0.29) is 5.78 Å². The Balaban J connectivity index is 1.93. The Morgan fingerprint density at radius 1 is 1.25 bits per heavy atom. The number of benzene rings is 1. The number of rotatable bonds is 7. The van der Waals surface area contributed by atoms with Gasteiger partial charge in [0.25, 0.3) is 0 Å². The van der Waals surface area contributed by atoms with E-state index in [1.54, 1.807) is 29.5 Å². The molecule has 2 rings (SSSR count). The van der Waals surface area contributed by atoms with Crippen molar-refractivity contribution in [2.24, 2.45) is 0 Å². The van der Waals surface area contributed by atoms with Gasteiger partial charge in [0, 0.05) is 15.8 Å². The number of hydrogen-bond acceptors (Lipinski definition) is 3. The second-order valence-electron chi connectivity index (χ2n) is 4.13. The van der Waals surface area contributed by atoms with Gasteiger partial charge in [0.05, 0.1) is 6.61 Å². The molecular weight excluding hydrogens is 336 g/mol. The molecule has 0 saturated carbocycles. The van der Waals surface area contributed by atoms with E-state index in [2.05, 4.69) is 15.9 Å². The van der Waals surface area contributed by atoms with E-state index in [4.69, 9.17) is 4.74 Å². The highest BCUT2D eigenvalue weighted by molar-refractivity contribution is 9.09. The van der Waals surface area contributed by atoms with Crippen LogP contribution >= 0.6 is 27.3 Å². The summed E-state index contributed by atoms with van der Waals surface area (Å²) in [7, 11) is 0. The summed E-state index contributed by atoms with van der Waals surface area (Å²) in [6.07, 6.45) is 4.41. The first-order valence-electron chi connectivity index (χ1n) is 6.34. The van der Waals surface area contributed by atoms with E-state index < -0.39 is 0 Å². The summed E-state index contributed by atoms with van der Waals surface area (Å²) in [4.78, 5) is 13.1. The van der Waals surface area contributed by atoms with Crippen molar-refractivity contribution in [2.75, 3.05) is 11.9 Å². The first-order chi connectivity index (χ1) is 9.79. The van der Waals surface area contributed by atoms with Crippen LogP contribution in [0.3, 0.4) is 0 Å². The zero-order valence-corrected chi connectivity index (χ0v) is 13.3. The Labute approximate surface area is 131 Å². The highest BCUT2D eigenvalue weighted by atomic mass is 79.9. The van der Waals surface area contributed by atoms with Gasteiger partial charge in [-0.05, 0) is 54.3 Å². The Kier molecular flexibility index (Phi) is 6.02. The van der Waals surface area contributed by atoms with E-state index in [1.807, 2.05) is 35.7 Å². The molecule has 0 bridgehead atoms. The van der Waals surface area contributed by atoms with E-state index >= 15 is 0 Å². The molecule has 0 aliphatic heterocycles. The zero-order valence-electron chi connectivity index (χ0n) is 10.9. The highest BCUT2D eigenvalue weighted by Gasteiger charge is 2.02. The first-order valence-corrected chi connectivity index (χ1v) is 8.34. The first kappa shape index (κ1) is 15.0. The minimum absolute atomic E-state index is 0.00501. The molecule has 0 aliphatic carbocycles. The molecule has 104 valence electrons. The maximum atomic E-state index is 12.0. The van der Waals surface area contributed by atoms with Gasteiger partial charge < -0.3 is 4.74 Å². The average molecular weight is 351 g/mol. The van der Waals surface area contributed by atoms with Crippen LogP contribution in [0.25, 0.3) is 6.08 Å². The fraction of sp³-hybridized carbons (Fsp3) is 0.188. The summed E-state index contributed by atoms with van der Waals surface area (Å²) < 4.78 is 5.54. The second-order valence-corrected chi connectivity index (χ2v) is 5.90. The third-order valence-electron chi connectivity index (χ3n) is 2.63. The van der Waals surface area contributed by atoms with Crippen LogP contribution in [-0.4, -0.2) is 17.7 Å². The second kappa shape index (κ2) is 8.02. The number of thiophene rings is 1. The van der Waals surface area contributed by atoms with Crippen molar-refractivity contribution < 1.29 is 9.53 Å². The standard InChI is InChI=1S/C16H15BrO2S/c17-10-2-11-19-14-6-4-13(5-7-14)16(18)9-8-15-3-1-12-20-15/h1,3-9,12H,2,10-11H2/b9-8+. The third kappa shape index (κ3) is 4.62. The van der Waals surface area contributed by atoms with Crippen molar-refractivity contribution in [3.05, 3.63) is 58.3 Å². The van der Waals surface area contributed by atoms with Crippen LogP contribution in [0, 0.1) is 0 Å². The van der Waals surface area contributed by atoms with E-state index in [1.165, 1.54) is 0 Å². The fourth-order valence-electron chi connectivity index (χ4n) is 1.60. The molecule has 0 aliphatic rings. The number of alkyl halides is 1. The van der Waals surface area contributed by atoms with Crippen molar-refractivity contribution >= 4 is 39.1 Å². The average Bonchev–Trinajstić information content (AvgIpc) is 2.99. The Bertz CT molecular complexity index is 559. The Morgan fingerprint density at radius 2 is 2.05 bits per heavy atom. The minimum atomic E-state index is 0.00501. The van der Waals surface area contributed by atoms with Crippen LogP contribution in [0.15, 0.2) is 47.9 Å². The van der Waals surface area contributed by atoms with Gasteiger partial charge in [0.15, 0.2) is 5.78 Å². The number of allylic oxidation sites excluding steroid dienone is 1. The fourth-order valence-corrected chi connectivity index (χ4v) is 2.45. The molecule has 2 aromatic rings. The predicted octanol–water partition coefficient (Wildman–Crippen LogP) is 4.81. The molecule has 0 saturated heterocycles. The lowest BCUT2D eigenvalue weighted by molar-refractivity contribution is 0.104. The number of ketones is 1. The van der Waals surface area contributed by atoms with Crippen molar-refractivity contribution in [2.45, 2.75) is 6.42 Å². The summed E-state index contributed by atoms with van der Waals surface area (Å²) in [5.41, 5.74) is 0.672. The molecule has 0 atom stereocenters. The van der Waals surface area contributed by atoms with Crippen molar-refractivity contribution in [3.63, 3.8) is 0 Å². The van der Waals surface area contributed by atoms with Gasteiger partial charge in [-0.1, -0.05) is 22.0 Å². The minimum Gasteiger partial charge on any atom is -0.494 e. The van der Waals surface area contributed by atoms with Crippen molar-refractivity contribution in [1.82, 2.24) is 0 Å². The molecule has 0 radical (unpaired) electrons. The van der Waals surface area contributed by atoms with E-state index in [0.29, 0.717) is 12.2 Å². The molecule has 1 heterocycles. The summed E-state index contributed by atoms with van der Waals surface area (Å²) in [5.74, 6) is 0.801. The lowest BCUT2D eigenvalue weighted by Gasteiger charge is -2.05. The molecule has 0 unspecified atom stereocenters. The molecule has 0 spiro atoms. The normalized spacial score (nSPS) is 10.8. The molecule has 4 heteroatoms. The number of hydrogen-bond donors (Lipinski definition) is 0. The molecule has 1 aromatic heterocycles. The van der Waals surface area contributed by atoms with Crippen molar-refractivity contribution in [1.29, 1.82) is 0 Å². The maximum Gasteiger partial charge on any atom is 0.185 e. The lowest BCUT2D eigenvalue weighted by atomic mass is 10.1. The Morgan fingerprint density at radius 3 is 2.70 bits per heavy atom. The van der Waals surface area contributed by atoms with Crippen molar-refractivity contribution in [3.8, 4) is 5.75 Å². The molecular formula is C16H15BrO2S. The lowest BCUT2D eigenvalue weighted by Crippen LogP contribution is -1.98. The topological polar surface area (TPSA) is 26.3 Å². The van der Waals surface area contributed by atoms with Gasteiger partial charge >= 0.3 is 0 Å². The SMILES string of the molecule is O=C(/C=C/c1cccs1)c1ccc(OCCCBr)cc1. The van der Waals surface area contributed by atoms with Crippen LogP contribution in [0.1, 0.15) is 21.7 Å². The molecule has 0 fully saturated rings. The summed E-state index contributed by atoms with van der Waals surface area (Å²) in [5, 5.41) is 2.92. The number of carbonyl (C=O) groups excluding carboxylic acids is 1. The quantitative estimate of drug-likeness (QED) is 0.310. The maximum absolute atomic E-state index is 12.0. The van der Waals surface area contributed by atoms with E-state index in [0.717, 1.165) is 22.4 Å². The Hall–Kier alpha value is -1.39. The van der Waals surface area contributed by atoms with Crippen LogP contribution in [0.5, 0.6) is 5.75 Å². The van der Waals surface area contributed by atoms with Gasteiger partial charge in [-0.2, -0.15) is 0 Å². The summed E-state index contributed by atoms with van der Waals surface area (Å²) >= 11 is 4.97. The molecule has 20 heavy (non-hydrogen) atoms. The van der Waals surface area contributed by atoms with Crippen LogP contribution in [0.2, 0.25) is 0 Å². The van der Waals surface area contributed by atoms with Gasteiger partial charge in [-0.15, -0.1) is 11.3 Å². The van der Waals surface area contributed by atoms with Gasteiger partial charge in [0.1, 0.15) is 5.75 Å². The monoisotopic (exact) mass is 350 g/mol. The smallest absolute Gasteiger partial charge is 0.185 e. The van der Waals surface area contributed by atoms with Crippen LogP contribution < -0.4 is 4.74 Å². The molecule has 1 aromatic carbocycles. The molecule has 2 nitrogen and oxygen atoms in total. The van der Waals surface area contributed by atoms with Gasteiger partial charge in [0.2, 0.25) is 0 Å². The summed E-state index contributed by atoms with van der Waals surface area (Å²) in [6, 6.07) is 11.2. The van der Waals surface area contributed by atoms with Crippen LogP contribution in [0.4, 0.5) is 0 Å². The number of carbonyl (C=O) groups is 1. The number of halogens is 1. The predicted molar refractivity (Wildman–Crippen MR) is 88.0 cm³/mol. The van der Waals surface area contributed by atoms with Crippen LogP contribution in [-0.2, 0) is 0 Å². The largest absolute Gasteiger partial charge is 0.494 e. The van der Waals surface area contributed by atoms with Gasteiger partial charge in [-0.25, -0.2) is 0 Å². The van der Waals surface area contributed by atoms with E-state index in [9.17, 15) is 4.79 Å². The summed E-state index contributed by atoms with van der Waals surface area (Å²) in [6.45, 7) is 0.677. The molecule has 0 amide bonds. The zero-order chi connectivity index (χ0) is 14.2. The molecule has 0 N–H and O–H groups in total. The highest BCUT2D eigenvalue weighted by Crippen LogP contribution is 2.15.